The van der Waals surface area contributed by atoms with E-state index in [0.717, 1.165) is 24.0 Å². The normalized spacial score (nSPS) is 13.0. The molecule has 0 spiro atoms. The van der Waals surface area contributed by atoms with Gasteiger partial charge in [0.05, 0.1) is 11.3 Å². The predicted octanol–water partition coefficient (Wildman–Crippen LogP) is 4.68. The number of halogens is 1. The fourth-order valence-electron chi connectivity index (χ4n) is 3.64. The molecule has 2 aromatic carbocycles. The summed E-state index contributed by atoms with van der Waals surface area (Å²) >= 11 is 1.19. The van der Waals surface area contributed by atoms with Gasteiger partial charge in [0.15, 0.2) is 5.75 Å². The summed E-state index contributed by atoms with van der Waals surface area (Å²) in [6, 6.07) is 12.1. The number of aryl methyl sites for hydroxylation is 1. The van der Waals surface area contributed by atoms with Crippen LogP contribution in [-0.4, -0.2) is 16.5 Å². The van der Waals surface area contributed by atoms with Crippen LogP contribution in [0.25, 0.3) is 0 Å². The van der Waals surface area contributed by atoms with Crippen LogP contribution in [0.5, 0.6) is 11.5 Å². The molecule has 4 rings (SSSR count). The third-order valence-corrected chi connectivity index (χ3v) is 6.15. The lowest BCUT2D eigenvalue weighted by Crippen LogP contribution is -2.31. The number of ether oxygens (including phenoxy) is 1. The molecule has 1 saturated carbocycles. The highest BCUT2D eigenvalue weighted by molar-refractivity contribution is 7.96. The Kier molecular flexibility index (Phi) is 6.95. The number of amides is 1. The van der Waals surface area contributed by atoms with Gasteiger partial charge in [0.1, 0.15) is 22.9 Å². The number of carbonyl (C=O) groups is 1. The summed E-state index contributed by atoms with van der Waals surface area (Å²) < 4.78 is 22.1. The Morgan fingerprint density at radius 3 is 2.68 bits per heavy atom. The third kappa shape index (κ3) is 5.10. The SMILES string of the molecule is Cc1ccc(Nc2c(C(=O)NC3CC3)c(Oc3cccc(CSN)c3)c(C)c(=O)n2C)c(F)c1. The van der Waals surface area contributed by atoms with Crippen LogP contribution in [-0.2, 0) is 12.8 Å². The van der Waals surface area contributed by atoms with Crippen molar-refractivity contribution in [2.45, 2.75) is 38.5 Å². The van der Waals surface area contributed by atoms with Crippen molar-refractivity contribution in [3.63, 3.8) is 0 Å². The van der Waals surface area contributed by atoms with Crippen LogP contribution >= 0.6 is 11.9 Å². The number of rotatable bonds is 8. The van der Waals surface area contributed by atoms with Gasteiger partial charge in [-0.25, -0.2) is 4.39 Å². The number of carbonyl (C=O) groups excluding carboxylic acids is 1. The molecule has 1 fully saturated rings. The van der Waals surface area contributed by atoms with Crippen molar-refractivity contribution in [1.29, 1.82) is 0 Å². The number of aromatic nitrogens is 1. The summed E-state index contributed by atoms with van der Waals surface area (Å²) in [5.74, 6) is 0.460. The number of anilines is 2. The van der Waals surface area contributed by atoms with Crippen molar-refractivity contribution in [3.05, 3.63) is 80.9 Å². The highest BCUT2D eigenvalue weighted by Gasteiger charge is 2.30. The molecule has 34 heavy (non-hydrogen) atoms. The monoisotopic (exact) mass is 482 g/mol. The minimum Gasteiger partial charge on any atom is -0.456 e. The van der Waals surface area contributed by atoms with E-state index in [4.69, 9.17) is 9.88 Å². The molecule has 0 aliphatic heterocycles. The van der Waals surface area contributed by atoms with Gasteiger partial charge in [-0.1, -0.05) is 30.1 Å². The lowest BCUT2D eigenvalue weighted by atomic mass is 10.1. The topological polar surface area (TPSA) is 98.4 Å². The van der Waals surface area contributed by atoms with Gasteiger partial charge in [-0.05, 0) is 62.1 Å². The van der Waals surface area contributed by atoms with Crippen molar-refractivity contribution >= 4 is 29.4 Å². The maximum Gasteiger partial charge on any atom is 0.259 e. The number of nitrogens with zero attached hydrogens (tertiary/aromatic N) is 1. The number of hydrogen-bond acceptors (Lipinski definition) is 6. The number of benzene rings is 2. The number of nitrogens with one attached hydrogen (secondary N) is 2. The second-order valence-corrected chi connectivity index (χ2v) is 9.08. The molecular formula is C25H27FN4O3S. The molecule has 7 nitrogen and oxygen atoms in total. The third-order valence-electron chi connectivity index (χ3n) is 5.65. The first kappa shape index (κ1) is 23.8. The van der Waals surface area contributed by atoms with Gasteiger partial charge in [-0.2, -0.15) is 0 Å². The summed E-state index contributed by atoms with van der Waals surface area (Å²) in [4.78, 5) is 26.5. The molecular weight excluding hydrogens is 455 g/mol. The lowest BCUT2D eigenvalue weighted by molar-refractivity contribution is 0.0949. The number of hydrogen-bond donors (Lipinski definition) is 3. The van der Waals surface area contributed by atoms with Crippen molar-refractivity contribution in [1.82, 2.24) is 9.88 Å². The Balaban J connectivity index is 1.86. The minimum absolute atomic E-state index is 0.0757. The summed E-state index contributed by atoms with van der Waals surface area (Å²) in [6.45, 7) is 3.40. The molecule has 1 heterocycles. The number of nitrogens with two attached hydrogens (primary N) is 1. The molecule has 1 aliphatic carbocycles. The van der Waals surface area contributed by atoms with Crippen LogP contribution in [0.3, 0.4) is 0 Å². The van der Waals surface area contributed by atoms with E-state index in [-0.39, 0.29) is 45.9 Å². The van der Waals surface area contributed by atoms with Gasteiger partial charge in [-0.3, -0.25) is 19.3 Å². The largest absolute Gasteiger partial charge is 0.456 e. The van der Waals surface area contributed by atoms with Crippen molar-refractivity contribution in [2.24, 2.45) is 12.2 Å². The van der Waals surface area contributed by atoms with Crippen LogP contribution in [0.15, 0.2) is 47.3 Å². The lowest BCUT2D eigenvalue weighted by Gasteiger charge is -2.21. The molecule has 4 N–H and O–H groups in total. The van der Waals surface area contributed by atoms with Crippen LogP contribution in [0, 0.1) is 19.7 Å². The fraction of sp³-hybridized carbons (Fsp3) is 0.280. The fourth-order valence-corrected chi connectivity index (χ4v) is 4.02. The zero-order valence-electron chi connectivity index (χ0n) is 19.3. The molecule has 0 atom stereocenters. The van der Waals surface area contributed by atoms with E-state index in [1.54, 1.807) is 39.1 Å². The second-order valence-electron chi connectivity index (χ2n) is 8.46. The van der Waals surface area contributed by atoms with Gasteiger partial charge in [0, 0.05) is 18.8 Å². The van der Waals surface area contributed by atoms with E-state index < -0.39 is 5.82 Å². The maximum absolute atomic E-state index is 14.7. The first-order valence-electron chi connectivity index (χ1n) is 10.9. The molecule has 178 valence electrons. The zero-order chi connectivity index (χ0) is 24.4. The summed E-state index contributed by atoms with van der Waals surface area (Å²) in [6.07, 6.45) is 1.78. The van der Waals surface area contributed by atoms with Crippen LogP contribution in [0.4, 0.5) is 15.9 Å². The van der Waals surface area contributed by atoms with Crippen LogP contribution in [0.2, 0.25) is 0 Å². The van der Waals surface area contributed by atoms with Gasteiger partial charge in [-0.15, -0.1) is 0 Å². The average molecular weight is 483 g/mol. The molecule has 1 aliphatic rings. The standard InChI is InChI=1S/C25H27FN4O3S/c1-14-7-10-20(19(26)11-14)29-23-21(24(31)28-17-8-9-17)22(15(2)25(32)30(23)3)33-18-6-4-5-16(12-18)13-34-27/h4-7,10-12,17,29H,8-9,13,27H2,1-3H3,(H,28,31). The van der Waals surface area contributed by atoms with Crippen LogP contribution < -0.4 is 26.1 Å². The molecule has 9 heteroatoms. The summed E-state index contributed by atoms with van der Waals surface area (Å²) in [7, 11) is 1.54. The number of pyridine rings is 1. The predicted molar refractivity (Wildman–Crippen MR) is 133 cm³/mol. The summed E-state index contributed by atoms with van der Waals surface area (Å²) in [5.41, 5.74) is 1.91. The molecule has 3 aromatic rings. The molecule has 0 radical (unpaired) electrons. The quantitative estimate of drug-likeness (QED) is 0.404. The Morgan fingerprint density at radius 2 is 2.00 bits per heavy atom. The molecule has 1 aromatic heterocycles. The molecule has 1 amide bonds. The smallest absolute Gasteiger partial charge is 0.259 e. The van der Waals surface area contributed by atoms with E-state index in [0.29, 0.717) is 11.5 Å². The second kappa shape index (κ2) is 9.90. The highest BCUT2D eigenvalue weighted by atomic mass is 32.2. The Morgan fingerprint density at radius 1 is 1.24 bits per heavy atom. The van der Waals surface area contributed by atoms with Crippen molar-refractivity contribution < 1.29 is 13.9 Å². The first-order valence-corrected chi connectivity index (χ1v) is 12.0. The minimum atomic E-state index is -0.490. The van der Waals surface area contributed by atoms with Crippen molar-refractivity contribution in [3.8, 4) is 11.5 Å². The molecule has 0 bridgehead atoms. The van der Waals surface area contributed by atoms with Gasteiger partial charge >= 0.3 is 0 Å². The summed E-state index contributed by atoms with van der Waals surface area (Å²) in [5, 5.41) is 11.5. The average Bonchev–Trinajstić information content (AvgIpc) is 3.61. The highest BCUT2D eigenvalue weighted by Crippen LogP contribution is 2.35. The Hall–Kier alpha value is -3.30. The van der Waals surface area contributed by atoms with E-state index >= 15 is 0 Å². The van der Waals surface area contributed by atoms with E-state index in [1.165, 1.54) is 22.6 Å². The Bertz CT molecular complexity index is 1300. The Labute approximate surface area is 201 Å². The van der Waals surface area contributed by atoms with Gasteiger partial charge in [0.25, 0.3) is 11.5 Å². The van der Waals surface area contributed by atoms with E-state index in [9.17, 15) is 14.0 Å². The van der Waals surface area contributed by atoms with E-state index in [1.807, 2.05) is 18.2 Å². The maximum atomic E-state index is 14.7. The molecule has 0 saturated heterocycles. The molecule has 0 unspecified atom stereocenters. The van der Waals surface area contributed by atoms with Crippen LogP contribution in [0.1, 0.15) is 39.9 Å². The first-order chi connectivity index (χ1) is 16.3. The van der Waals surface area contributed by atoms with Gasteiger partial charge < -0.3 is 15.4 Å². The zero-order valence-corrected chi connectivity index (χ0v) is 20.1. The van der Waals surface area contributed by atoms with E-state index in [2.05, 4.69) is 10.6 Å². The van der Waals surface area contributed by atoms with Crippen molar-refractivity contribution in [2.75, 3.05) is 5.32 Å². The van der Waals surface area contributed by atoms with Gasteiger partial charge in [0.2, 0.25) is 0 Å².